The minimum Gasteiger partial charge on any atom is -0.497 e. The predicted molar refractivity (Wildman–Crippen MR) is 167 cm³/mol. The molecule has 0 atom stereocenters. The number of hydrogen-bond acceptors (Lipinski definition) is 3. The van der Waals surface area contributed by atoms with Crippen LogP contribution in [0.1, 0.15) is 0 Å². The number of anilines is 3. The highest BCUT2D eigenvalue weighted by molar-refractivity contribution is 5.80. The smallest absolute Gasteiger partial charge is 0.215 e. The number of rotatable bonds is 8. The summed E-state index contributed by atoms with van der Waals surface area (Å²) in [5.74, 6) is 1.50. The second kappa shape index (κ2) is 11.8. The van der Waals surface area contributed by atoms with Crippen molar-refractivity contribution < 1.29 is 14.5 Å². The van der Waals surface area contributed by atoms with Gasteiger partial charge >= 0.3 is 0 Å². The van der Waals surface area contributed by atoms with Gasteiger partial charge in [0.1, 0.15) is 11.5 Å². The summed E-state index contributed by atoms with van der Waals surface area (Å²) in [6, 6.07) is 50.3. The molecule has 0 bridgehead atoms. The van der Waals surface area contributed by atoms with Crippen LogP contribution in [0.4, 0.5) is 17.1 Å². The lowest BCUT2D eigenvalue weighted by Gasteiger charge is -2.25. The molecule has 0 aliphatic heterocycles. The standard InChI is InChI=1S/C37H30N2O2/c1-40-33-22-23-34(37(26-33)41-2)36-25-29(24-35(38-36)28-12-6-3-7-13-28)27-18-20-32(21-19-27)39(30-14-8-4-9-15-30)31-16-10-5-11-17-31/h3-26H,1-2H3/p+1. The van der Waals surface area contributed by atoms with Gasteiger partial charge in [-0.2, -0.15) is 0 Å². The van der Waals surface area contributed by atoms with E-state index in [1.54, 1.807) is 14.2 Å². The van der Waals surface area contributed by atoms with Crippen LogP contribution in [0, 0.1) is 0 Å². The maximum Gasteiger partial charge on any atom is 0.215 e. The molecule has 41 heavy (non-hydrogen) atoms. The molecule has 0 saturated carbocycles. The average Bonchev–Trinajstić information content (AvgIpc) is 3.06. The summed E-state index contributed by atoms with van der Waals surface area (Å²) in [6.07, 6.45) is 0. The summed E-state index contributed by atoms with van der Waals surface area (Å²) in [7, 11) is 3.35. The molecule has 0 unspecified atom stereocenters. The number of methoxy groups -OCH3 is 2. The zero-order chi connectivity index (χ0) is 28.0. The number of nitrogens with zero attached hydrogens (tertiary/aromatic N) is 1. The van der Waals surface area contributed by atoms with E-state index in [2.05, 4.69) is 119 Å². The molecule has 5 aromatic carbocycles. The Morgan fingerprint density at radius 3 is 1.61 bits per heavy atom. The highest BCUT2D eigenvalue weighted by atomic mass is 16.5. The minimum absolute atomic E-state index is 0.744. The van der Waals surface area contributed by atoms with Crippen molar-refractivity contribution in [2.75, 3.05) is 19.1 Å². The molecule has 4 heteroatoms. The van der Waals surface area contributed by atoms with E-state index in [0.29, 0.717) is 0 Å². The van der Waals surface area contributed by atoms with Crippen molar-refractivity contribution in [3.63, 3.8) is 0 Å². The van der Waals surface area contributed by atoms with Crippen molar-refractivity contribution in [3.05, 3.63) is 146 Å². The monoisotopic (exact) mass is 535 g/mol. The van der Waals surface area contributed by atoms with Crippen LogP contribution in [0.3, 0.4) is 0 Å². The van der Waals surface area contributed by atoms with Crippen LogP contribution in [0.5, 0.6) is 11.5 Å². The van der Waals surface area contributed by atoms with Crippen LogP contribution in [0.15, 0.2) is 146 Å². The fourth-order valence-electron chi connectivity index (χ4n) is 5.08. The molecule has 0 aliphatic carbocycles. The molecule has 0 fully saturated rings. The van der Waals surface area contributed by atoms with E-state index in [1.165, 1.54) is 0 Å². The van der Waals surface area contributed by atoms with Crippen LogP contribution in [-0.2, 0) is 0 Å². The minimum atomic E-state index is 0.744. The van der Waals surface area contributed by atoms with E-state index in [0.717, 1.165) is 62.2 Å². The van der Waals surface area contributed by atoms with E-state index in [9.17, 15) is 0 Å². The molecule has 0 aliphatic rings. The predicted octanol–water partition coefficient (Wildman–Crippen LogP) is 8.99. The van der Waals surface area contributed by atoms with Gasteiger partial charge in [-0.25, -0.2) is 4.98 Å². The van der Waals surface area contributed by atoms with Gasteiger partial charge in [0, 0.05) is 40.8 Å². The van der Waals surface area contributed by atoms with E-state index >= 15 is 0 Å². The van der Waals surface area contributed by atoms with Gasteiger partial charge in [0.2, 0.25) is 11.4 Å². The number of benzene rings is 5. The first-order valence-corrected chi connectivity index (χ1v) is 13.6. The lowest BCUT2D eigenvalue weighted by molar-refractivity contribution is -0.351. The van der Waals surface area contributed by atoms with Gasteiger partial charge in [0.15, 0.2) is 0 Å². The Balaban J connectivity index is 1.45. The van der Waals surface area contributed by atoms with Gasteiger partial charge in [-0.05, 0) is 71.8 Å². The Labute approximate surface area is 241 Å². The number of para-hydroxylation sites is 2. The third-order valence-electron chi connectivity index (χ3n) is 7.14. The first-order valence-electron chi connectivity index (χ1n) is 13.6. The van der Waals surface area contributed by atoms with Crippen molar-refractivity contribution in [2.24, 2.45) is 0 Å². The van der Waals surface area contributed by atoms with Gasteiger partial charge in [0.25, 0.3) is 0 Å². The molecule has 0 amide bonds. The Hall–Kier alpha value is -5.35. The van der Waals surface area contributed by atoms with Crippen LogP contribution in [0.25, 0.3) is 33.6 Å². The molecule has 1 heterocycles. The topological polar surface area (TPSA) is 35.8 Å². The fourth-order valence-corrected chi connectivity index (χ4v) is 5.08. The zero-order valence-electron chi connectivity index (χ0n) is 23.1. The van der Waals surface area contributed by atoms with E-state index in [4.69, 9.17) is 9.47 Å². The summed E-state index contributed by atoms with van der Waals surface area (Å²) in [6.45, 7) is 0. The summed E-state index contributed by atoms with van der Waals surface area (Å²) in [5, 5.41) is 0. The lowest BCUT2D eigenvalue weighted by atomic mass is 9.99. The first-order chi connectivity index (χ1) is 20.2. The number of aromatic nitrogens is 1. The zero-order valence-corrected chi connectivity index (χ0v) is 23.1. The second-order valence-corrected chi connectivity index (χ2v) is 9.68. The first kappa shape index (κ1) is 25.9. The highest BCUT2D eigenvalue weighted by Gasteiger charge is 2.19. The molecule has 0 radical (unpaired) electrons. The van der Waals surface area contributed by atoms with Gasteiger partial charge in [-0.15, -0.1) is 0 Å². The molecular formula is C37H31N2O2+. The highest BCUT2D eigenvalue weighted by Crippen LogP contribution is 2.37. The van der Waals surface area contributed by atoms with E-state index < -0.39 is 0 Å². The third-order valence-corrected chi connectivity index (χ3v) is 7.14. The molecule has 4 nitrogen and oxygen atoms in total. The van der Waals surface area contributed by atoms with Crippen molar-refractivity contribution in [1.29, 1.82) is 0 Å². The van der Waals surface area contributed by atoms with Gasteiger partial charge in [0.05, 0.1) is 19.8 Å². The number of aromatic amines is 1. The van der Waals surface area contributed by atoms with Gasteiger partial charge < -0.3 is 14.4 Å². The fraction of sp³-hybridized carbons (Fsp3) is 0.0541. The Morgan fingerprint density at radius 1 is 0.463 bits per heavy atom. The van der Waals surface area contributed by atoms with E-state index in [1.807, 2.05) is 36.4 Å². The molecule has 1 aromatic heterocycles. The van der Waals surface area contributed by atoms with Crippen molar-refractivity contribution in [1.82, 2.24) is 0 Å². The number of ether oxygens (including phenoxy) is 2. The molecule has 1 N–H and O–H groups in total. The van der Waals surface area contributed by atoms with Crippen LogP contribution in [0.2, 0.25) is 0 Å². The van der Waals surface area contributed by atoms with Gasteiger partial charge in [-0.1, -0.05) is 66.7 Å². The second-order valence-electron chi connectivity index (χ2n) is 9.68. The summed E-state index contributed by atoms with van der Waals surface area (Å²) in [5.41, 5.74) is 9.59. The van der Waals surface area contributed by atoms with Crippen LogP contribution >= 0.6 is 0 Å². The van der Waals surface area contributed by atoms with Crippen LogP contribution in [-0.4, -0.2) is 14.2 Å². The molecule has 6 rings (SSSR count). The number of H-pyrrole nitrogens is 1. The molecule has 0 saturated heterocycles. The summed E-state index contributed by atoms with van der Waals surface area (Å²) in [4.78, 5) is 5.91. The maximum absolute atomic E-state index is 5.75. The number of pyridine rings is 1. The Bertz CT molecular complexity index is 1700. The van der Waals surface area contributed by atoms with Crippen molar-refractivity contribution >= 4 is 17.1 Å². The normalized spacial score (nSPS) is 10.7. The van der Waals surface area contributed by atoms with E-state index in [-0.39, 0.29) is 0 Å². The Morgan fingerprint density at radius 2 is 1.02 bits per heavy atom. The van der Waals surface area contributed by atoms with Gasteiger partial charge in [-0.3, -0.25) is 0 Å². The van der Waals surface area contributed by atoms with Crippen molar-refractivity contribution in [3.8, 4) is 45.1 Å². The van der Waals surface area contributed by atoms with Crippen molar-refractivity contribution in [2.45, 2.75) is 0 Å². The summed E-state index contributed by atoms with van der Waals surface area (Å²) < 4.78 is 11.2. The quantitative estimate of drug-likeness (QED) is 0.195. The SMILES string of the molecule is COc1ccc(-c2cc(-c3ccc(N(c4ccccc4)c4ccccc4)cc3)cc(-c3ccccc3)[nH+]2)c(OC)c1. The largest absolute Gasteiger partial charge is 0.497 e. The lowest BCUT2D eigenvalue weighted by Crippen LogP contribution is -2.12. The average molecular weight is 536 g/mol. The molecule has 6 aromatic rings. The maximum atomic E-state index is 5.75. The number of nitrogens with one attached hydrogen (secondary N) is 1. The third kappa shape index (κ3) is 5.54. The summed E-state index contributed by atoms with van der Waals surface area (Å²) >= 11 is 0. The molecular weight excluding hydrogens is 504 g/mol. The number of hydrogen-bond donors (Lipinski definition) is 0. The Kier molecular flexibility index (Phi) is 7.46. The molecule has 200 valence electrons. The van der Waals surface area contributed by atoms with Crippen LogP contribution < -0.4 is 19.4 Å². The molecule has 0 spiro atoms.